The molecule has 0 amide bonds. The van der Waals surface area contributed by atoms with Crippen LogP contribution >= 0.6 is 69.8 Å². The number of nitrogens with zero attached hydrogens (tertiary/aromatic N) is 6. The maximum atomic E-state index is 13.7. The Morgan fingerprint density at radius 1 is 0.474 bits per heavy atom. The summed E-state index contributed by atoms with van der Waals surface area (Å²) in [6.07, 6.45) is 14.1. The molecule has 7 nitrogen and oxygen atoms in total. The van der Waals surface area contributed by atoms with Gasteiger partial charge in [0, 0.05) is 110 Å². The average Bonchev–Trinajstić information content (AvgIpc) is 1.80. The summed E-state index contributed by atoms with van der Waals surface area (Å²) in [6, 6.07) is 43.9. The van der Waals surface area contributed by atoms with E-state index in [0.717, 1.165) is 47.9 Å². The molecule has 0 atom stereocenters. The van der Waals surface area contributed by atoms with Crippen LogP contribution in [0.5, 0.6) is 5.75 Å². The van der Waals surface area contributed by atoms with Crippen molar-refractivity contribution in [3.8, 4) is 5.75 Å². The van der Waals surface area contributed by atoms with Crippen molar-refractivity contribution in [3.63, 3.8) is 0 Å². The molecule has 506 valence electrons. The second-order valence-electron chi connectivity index (χ2n) is 26.2. The summed E-state index contributed by atoms with van der Waals surface area (Å²) in [5, 5.41) is 10.3. The monoisotopic (exact) mass is 1400 g/mol. The highest BCUT2D eigenvalue weighted by molar-refractivity contribution is 7.72. The van der Waals surface area contributed by atoms with E-state index in [2.05, 4.69) is 278 Å². The third kappa shape index (κ3) is 18.3. The van der Waals surface area contributed by atoms with E-state index in [1.54, 1.807) is 47.2 Å². The van der Waals surface area contributed by atoms with E-state index in [-0.39, 0.29) is 11.9 Å². The number of thiazole rings is 1. The Labute approximate surface area is 602 Å². The number of pyridine rings is 2. The van der Waals surface area contributed by atoms with Crippen molar-refractivity contribution in [2.75, 3.05) is 7.11 Å². The first-order chi connectivity index (χ1) is 46.2. The van der Waals surface area contributed by atoms with Gasteiger partial charge in [-0.25, -0.2) is 9.37 Å². The summed E-state index contributed by atoms with van der Waals surface area (Å²) < 4.78 is 30.3. The van der Waals surface area contributed by atoms with Crippen molar-refractivity contribution in [2.45, 2.75) is 153 Å². The van der Waals surface area contributed by atoms with Gasteiger partial charge in [-0.3, -0.25) is 0 Å². The lowest BCUT2D eigenvalue weighted by atomic mass is 9.97. The summed E-state index contributed by atoms with van der Waals surface area (Å²) >= 11 is 17.7. The smallest absolute Gasteiger partial charge is 0.147 e. The first-order valence-corrected chi connectivity index (χ1v) is 37.6. The van der Waals surface area contributed by atoms with Crippen molar-refractivity contribution in [1.82, 2.24) is 28.8 Å². The fourth-order valence-electron chi connectivity index (χ4n) is 11.6. The molecule has 9 heterocycles. The largest absolute Gasteiger partial charge is 0.496 e. The van der Waals surface area contributed by atoms with E-state index in [4.69, 9.17) is 29.2 Å². The molecule has 5 aromatic carbocycles. The number of hydrogen-bond acceptors (Lipinski definition) is 11. The maximum absolute atomic E-state index is 13.7. The van der Waals surface area contributed by atoms with Crippen LogP contribution < -0.4 is 4.74 Å². The minimum Gasteiger partial charge on any atom is -0.496 e. The van der Waals surface area contributed by atoms with E-state index >= 15 is 0 Å². The van der Waals surface area contributed by atoms with Crippen molar-refractivity contribution in [1.29, 1.82) is 0 Å². The summed E-state index contributed by atoms with van der Waals surface area (Å²) in [7, 11) is 1.74. The molecule has 3 aliphatic rings. The Balaban J connectivity index is 0.000000145. The minimum atomic E-state index is -0.188. The standard InChI is InChI=1S/C14H17N.C13H14FN.C13H15N.C12H14OS.C12H14S.C10H11NS2.C9H10N2S2/c1-10(2)15-8-7-13-9-11(3)5-6-14(13)12(15)4;1-9(2)15-8-13(14)12-7-5-4-6-11(12)10(15)3;1-10(2)14-9-8-12-6-4-5-7-13(12)11(14)3;1-8(2)10-7-12-9(4-5-14-12)6-11(10)13-3;1-8(2)11-7-10-4-5-13-12(10)6-9(11)3;1-7(2)11-5-3-8-4-6-13-9(8)10(11)12;1-6(2)11-4-3-7-8(9(11)12)13-5-10-7/h5-10H,4H2,1-3H3;4-9H,3H2,1-2H3;4-10H,3H2,1-2H3;4-8H,1-3H3;4-8H,1-3H3;3-7H,1-2H3;3-6H,1-2H3. The number of thiophene rings is 3. The first-order valence-electron chi connectivity index (χ1n) is 33.2. The Morgan fingerprint density at radius 3 is 1.57 bits per heavy atom. The molecule has 0 saturated carbocycles. The zero-order chi connectivity index (χ0) is 70.5. The zero-order valence-corrected chi connectivity index (χ0v) is 64.4. The fraction of sp³-hybridized carbons (Fsp3) is 0.289. The molecule has 97 heavy (non-hydrogen) atoms. The van der Waals surface area contributed by atoms with Crippen LogP contribution in [0.1, 0.15) is 176 Å². The lowest BCUT2D eigenvalue weighted by molar-refractivity contribution is 0.408. The summed E-state index contributed by atoms with van der Waals surface area (Å²) in [5.74, 6) is 1.96. The van der Waals surface area contributed by atoms with Crippen molar-refractivity contribution < 1.29 is 9.13 Å². The Morgan fingerprint density at radius 2 is 0.979 bits per heavy atom. The van der Waals surface area contributed by atoms with E-state index < -0.39 is 0 Å². The van der Waals surface area contributed by atoms with Gasteiger partial charge in [-0.1, -0.05) is 144 Å². The number of aryl methyl sites for hydroxylation is 2. The highest BCUT2D eigenvalue weighted by Crippen LogP contribution is 2.37. The lowest BCUT2D eigenvalue weighted by Crippen LogP contribution is -2.26. The van der Waals surface area contributed by atoms with Crippen LogP contribution in [-0.2, 0) is 0 Å². The molecule has 11 aromatic rings. The van der Waals surface area contributed by atoms with Crippen molar-refractivity contribution >= 4 is 145 Å². The maximum Gasteiger partial charge on any atom is 0.147 e. The molecule has 14 rings (SSSR count). The highest BCUT2D eigenvalue weighted by atomic mass is 32.1. The topological polar surface area (TPSA) is 41.7 Å². The molecule has 3 aliphatic heterocycles. The number of rotatable bonds is 8. The molecule has 0 unspecified atom stereocenters. The van der Waals surface area contributed by atoms with Crippen LogP contribution in [0.25, 0.3) is 75.5 Å². The van der Waals surface area contributed by atoms with Gasteiger partial charge >= 0.3 is 0 Å². The molecule has 0 radical (unpaired) electrons. The molecule has 14 heteroatoms. The number of fused-ring (bicyclic) bond motifs is 7. The molecule has 6 aromatic heterocycles. The second kappa shape index (κ2) is 34.1. The van der Waals surface area contributed by atoms with Crippen LogP contribution in [0.2, 0.25) is 0 Å². The highest BCUT2D eigenvalue weighted by Gasteiger charge is 2.23. The average molecular weight is 1400 g/mol. The second-order valence-corrected chi connectivity index (χ2v) is 30.7. The van der Waals surface area contributed by atoms with Crippen LogP contribution in [0.4, 0.5) is 4.39 Å². The fourth-order valence-corrected chi connectivity index (χ4v) is 15.9. The predicted octanol–water partition coefficient (Wildman–Crippen LogP) is 26.4. The normalized spacial score (nSPS) is 12.9. The van der Waals surface area contributed by atoms with Crippen molar-refractivity contribution in [2.24, 2.45) is 0 Å². The molecule has 0 aliphatic carbocycles. The number of ether oxygens (including phenoxy) is 1. The lowest BCUT2D eigenvalue weighted by Gasteiger charge is -2.31. The third-order valence-corrected chi connectivity index (χ3v) is 21.6. The third-order valence-electron chi connectivity index (χ3n) is 16.9. The molecule has 0 saturated heterocycles. The van der Waals surface area contributed by atoms with E-state index in [1.807, 2.05) is 66.1 Å². The molecular formula is C83H95FN6OS6. The number of benzene rings is 5. The molecule has 0 bridgehead atoms. The van der Waals surface area contributed by atoms with Gasteiger partial charge in [-0.15, -0.1) is 45.3 Å². The van der Waals surface area contributed by atoms with Gasteiger partial charge in [0.1, 0.15) is 20.9 Å². The predicted molar refractivity (Wildman–Crippen MR) is 432 cm³/mol. The number of aromatic nitrogens is 3. The van der Waals surface area contributed by atoms with Gasteiger partial charge in [0.15, 0.2) is 0 Å². The number of methoxy groups -OCH3 is 1. The Hall–Kier alpha value is -7.82. The molecule has 0 N–H and O–H groups in total. The van der Waals surface area contributed by atoms with Gasteiger partial charge in [0.2, 0.25) is 0 Å². The molecule has 0 fully saturated rings. The summed E-state index contributed by atoms with van der Waals surface area (Å²) in [6.45, 7) is 46.8. The quantitative estimate of drug-likeness (QED) is 0.140. The summed E-state index contributed by atoms with van der Waals surface area (Å²) in [5.41, 5.74) is 17.9. The minimum absolute atomic E-state index is 0.188. The van der Waals surface area contributed by atoms with Crippen LogP contribution in [0.15, 0.2) is 194 Å². The Kier molecular flexibility index (Phi) is 26.4. The SMILES string of the molecule is C=C1c2ccc(C)cc2C=CN1C(C)C.C=C1c2ccccc2C(F)=CN1C(C)C.C=C1c2ccccc2C=CN1C(C)C.CC(C)n1ccc2ccsc2c1=S.CC(C)n1ccc2ncsc2c1=S.COc1cc2ccsc2cc1C(C)C.Cc1cc2sccc2cc1C(C)C. The zero-order valence-electron chi connectivity index (χ0n) is 59.5. The van der Waals surface area contributed by atoms with Gasteiger partial charge in [-0.2, -0.15) is 0 Å². The van der Waals surface area contributed by atoms with E-state index in [1.165, 1.54) is 81.0 Å². The van der Waals surface area contributed by atoms with Crippen LogP contribution in [-0.4, -0.2) is 54.1 Å². The van der Waals surface area contributed by atoms with Gasteiger partial charge < -0.3 is 28.6 Å². The number of halogens is 1. The Bertz CT molecular complexity index is 4680. The summed E-state index contributed by atoms with van der Waals surface area (Å²) in [4.78, 5) is 10.5. The number of hydrogen-bond donors (Lipinski definition) is 0. The van der Waals surface area contributed by atoms with Crippen molar-refractivity contribution in [3.05, 3.63) is 259 Å². The molecular weight excluding hydrogens is 1310 g/mol. The van der Waals surface area contributed by atoms with E-state index in [0.29, 0.717) is 41.6 Å². The van der Waals surface area contributed by atoms with Gasteiger partial charge in [0.25, 0.3) is 0 Å². The van der Waals surface area contributed by atoms with Crippen LogP contribution in [0, 0.1) is 23.1 Å². The van der Waals surface area contributed by atoms with E-state index in [9.17, 15) is 4.39 Å². The van der Waals surface area contributed by atoms with Gasteiger partial charge in [-0.05, 0) is 222 Å². The first kappa shape index (κ1) is 75.0. The van der Waals surface area contributed by atoms with Crippen LogP contribution in [0.3, 0.4) is 0 Å². The van der Waals surface area contributed by atoms with Gasteiger partial charge in [0.05, 0.1) is 27.5 Å². The molecule has 0 spiro atoms.